The first-order valence-corrected chi connectivity index (χ1v) is 19.5. The van der Waals surface area contributed by atoms with Gasteiger partial charge in [-0.2, -0.15) is 0 Å². The molecule has 2 atom stereocenters. The maximum atomic E-state index is 2.61. The molecule has 2 aliphatic rings. The molecule has 0 aromatic heterocycles. The van der Waals surface area contributed by atoms with Crippen molar-refractivity contribution < 1.29 is 45.2 Å². The van der Waals surface area contributed by atoms with Gasteiger partial charge in [0.25, 0.3) is 0 Å². The van der Waals surface area contributed by atoms with Crippen LogP contribution in [0.15, 0.2) is 35.4 Å². The Morgan fingerprint density at radius 3 is 1.33 bits per heavy atom. The molecule has 0 saturated heterocycles. The molecule has 2 aromatic carbocycles. The summed E-state index contributed by atoms with van der Waals surface area (Å²) in [5.41, 5.74) is 15.2. The monoisotopic (exact) mass is 532 g/mol. The number of fused-ring (bicyclic) bond motifs is 2. The Kier molecular flexibility index (Phi) is 8.29. The molecule has 0 saturated carbocycles. The molecule has 4 rings (SSSR count). The molecule has 0 amide bonds. The van der Waals surface area contributed by atoms with Gasteiger partial charge in [0.2, 0.25) is 0 Å². The van der Waals surface area contributed by atoms with Crippen LogP contribution in [0.1, 0.15) is 65.6 Å². The number of hydrogen-bond donors (Lipinski definition) is 0. The molecule has 0 fully saturated rings. The normalized spacial score (nSPS) is 18.2. The first kappa shape index (κ1) is 25.9. The van der Waals surface area contributed by atoms with Crippen molar-refractivity contribution in [2.75, 3.05) is 0 Å². The SMILES string of the molecule is CC1=Cc2c(ccc(C)c2C)[CH]1[Zr+2]([CH]1C(C)=Cc2c1ccc(C)c2C)=[Si](C)C.[Cl-].[Cl-]. The van der Waals surface area contributed by atoms with Crippen molar-refractivity contribution in [3.8, 4) is 0 Å². The fourth-order valence-electron chi connectivity index (χ4n) is 5.29. The average molecular weight is 535 g/mol. The van der Waals surface area contributed by atoms with Crippen LogP contribution in [0.3, 0.4) is 0 Å². The Balaban J connectivity index is 0.00000160. The third-order valence-corrected chi connectivity index (χ3v) is 27.0. The first-order valence-electron chi connectivity index (χ1n) is 10.5. The number of benzene rings is 2. The molecular weight excluding hydrogens is 503 g/mol. The zero-order valence-corrected chi connectivity index (χ0v) is 24.3. The number of halogens is 2. The number of allylic oxidation sites excluding steroid dienone is 2. The second kappa shape index (κ2) is 9.62. The maximum Gasteiger partial charge on any atom is -1.00 e. The summed E-state index contributed by atoms with van der Waals surface area (Å²) in [6, 6.07) is 9.67. The molecule has 0 aliphatic heterocycles. The molecule has 0 spiro atoms. The molecule has 2 aliphatic carbocycles. The van der Waals surface area contributed by atoms with E-state index < -0.39 is 20.4 Å². The van der Waals surface area contributed by atoms with Gasteiger partial charge in [0.15, 0.2) is 0 Å². The largest absolute Gasteiger partial charge is 1.00 e. The van der Waals surface area contributed by atoms with E-state index >= 15 is 0 Å². The number of aryl methyl sites for hydroxylation is 2. The van der Waals surface area contributed by atoms with Gasteiger partial charge in [-0.3, -0.25) is 0 Å². The molecule has 0 radical (unpaired) electrons. The van der Waals surface area contributed by atoms with E-state index in [4.69, 9.17) is 0 Å². The first-order chi connectivity index (χ1) is 13.2. The average Bonchev–Trinajstić information content (AvgIpc) is 3.14. The van der Waals surface area contributed by atoms with E-state index in [0.29, 0.717) is 0 Å². The third kappa shape index (κ3) is 4.03. The fourth-order valence-corrected chi connectivity index (χ4v) is 26.0. The van der Waals surface area contributed by atoms with Gasteiger partial charge in [-0.1, -0.05) is 0 Å². The van der Waals surface area contributed by atoms with E-state index in [2.05, 4.69) is 91.1 Å². The van der Waals surface area contributed by atoms with Gasteiger partial charge >= 0.3 is 180 Å². The van der Waals surface area contributed by atoms with Crippen molar-refractivity contribution in [3.05, 3.63) is 79.9 Å². The van der Waals surface area contributed by atoms with Crippen LogP contribution >= 0.6 is 0 Å². The van der Waals surface area contributed by atoms with Crippen molar-refractivity contribution in [2.45, 2.75) is 61.9 Å². The van der Waals surface area contributed by atoms with E-state index in [0.717, 1.165) is 7.25 Å². The molecule has 2 unspecified atom stereocenters. The molecule has 0 heterocycles. The minimum absolute atomic E-state index is 0. The predicted molar refractivity (Wildman–Crippen MR) is 122 cm³/mol. The van der Waals surface area contributed by atoms with Crippen LogP contribution in [0.2, 0.25) is 13.1 Å². The molecule has 0 nitrogen and oxygen atoms in total. The van der Waals surface area contributed by atoms with E-state index in [9.17, 15) is 0 Å². The predicted octanol–water partition coefficient (Wildman–Crippen LogP) is 1.41. The summed E-state index contributed by atoms with van der Waals surface area (Å²) in [5, 5.41) is 0. The summed E-state index contributed by atoms with van der Waals surface area (Å²) in [7, 11) is 0. The quantitative estimate of drug-likeness (QED) is 0.512. The zero-order chi connectivity index (χ0) is 20.3. The molecule has 158 valence electrons. The maximum absolute atomic E-state index is 2.61. The summed E-state index contributed by atoms with van der Waals surface area (Å²) in [6.45, 7) is 19.2. The van der Waals surface area contributed by atoms with Crippen molar-refractivity contribution >= 4 is 17.6 Å². The standard InChI is InChI=1S/2C12H13.C2H6Si.2ClH.Zr/c2*1-8-6-11-5-4-9(2)10(3)12(11)7-8;1-3-2;;;/h2*4-7H,1-3H3;1-2H3;2*1H;/q;;;;;+2/p-2. The van der Waals surface area contributed by atoms with Crippen LogP contribution in [0.25, 0.3) is 12.2 Å². The Hall–Kier alpha value is -0.400. The smallest absolute Gasteiger partial charge is 1.00 e. The van der Waals surface area contributed by atoms with Gasteiger partial charge in [0.05, 0.1) is 0 Å². The van der Waals surface area contributed by atoms with Crippen molar-refractivity contribution in [2.24, 2.45) is 0 Å². The van der Waals surface area contributed by atoms with Gasteiger partial charge in [-0.05, 0) is 0 Å². The van der Waals surface area contributed by atoms with Crippen molar-refractivity contribution in [1.82, 2.24) is 0 Å². The molecule has 30 heavy (non-hydrogen) atoms. The molecular formula is C26H32Cl2SiZr. The summed E-state index contributed by atoms with van der Waals surface area (Å²) in [5.74, 6) is 0. The zero-order valence-electron chi connectivity index (χ0n) is 19.4. The van der Waals surface area contributed by atoms with Gasteiger partial charge in [-0.15, -0.1) is 0 Å². The van der Waals surface area contributed by atoms with Crippen LogP contribution in [-0.2, 0) is 20.4 Å². The summed E-state index contributed by atoms with van der Waals surface area (Å²) in [6.07, 6.45) is 5.06. The molecule has 4 heteroatoms. The molecule has 0 bridgehead atoms. The molecule has 2 aromatic rings. The number of rotatable bonds is 2. The van der Waals surface area contributed by atoms with Crippen molar-refractivity contribution in [1.29, 1.82) is 0 Å². The second-order valence-corrected chi connectivity index (χ2v) is 27.0. The van der Waals surface area contributed by atoms with Crippen LogP contribution in [0, 0.1) is 27.7 Å². The van der Waals surface area contributed by atoms with Crippen LogP contribution < -0.4 is 24.8 Å². The van der Waals surface area contributed by atoms with E-state index in [-0.39, 0.29) is 30.2 Å². The van der Waals surface area contributed by atoms with Gasteiger partial charge in [-0.25, -0.2) is 0 Å². The number of hydrogen-bond acceptors (Lipinski definition) is 0. The summed E-state index contributed by atoms with van der Waals surface area (Å²) < 4.78 is 1.50. The Bertz CT molecular complexity index is 1020. The van der Waals surface area contributed by atoms with E-state index in [1.54, 1.807) is 33.4 Å². The van der Waals surface area contributed by atoms with Crippen molar-refractivity contribution in [3.63, 3.8) is 0 Å². The fraction of sp³-hybridized carbons (Fsp3) is 0.385. The summed E-state index contributed by atoms with van der Waals surface area (Å²) in [4.78, 5) is 0. The van der Waals surface area contributed by atoms with Crippen LogP contribution in [0.5, 0.6) is 0 Å². The van der Waals surface area contributed by atoms with Gasteiger partial charge in [0.1, 0.15) is 0 Å². The van der Waals surface area contributed by atoms with Gasteiger partial charge < -0.3 is 24.8 Å². The second-order valence-electron chi connectivity index (χ2n) is 9.12. The third-order valence-electron chi connectivity index (χ3n) is 7.11. The summed E-state index contributed by atoms with van der Waals surface area (Å²) >= 11 is -1.86. The Morgan fingerprint density at radius 1 is 0.633 bits per heavy atom. The van der Waals surface area contributed by atoms with E-state index in [1.165, 1.54) is 22.3 Å². The van der Waals surface area contributed by atoms with Gasteiger partial charge in [0, 0.05) is 0 Å². The van der Waals surface area contributed by atoms with E-state index in [1.807, 2.05) is 0 Å². The van der Waals surface area contributed by atoms with Crippen LogP contribution in [0.4, 0.5) is 0 Å². The Morgan fingerprint density at radius 2 is 1.00 bits per heavy atom. The minimum Gasteiger partial charge on any atom is -1.00 e. The minimum atomic E-state index is -1.86. The molecule has 0 N–H and O–H groups in total. The van der Waals surface area contributed by atoms with Crippen LogP contribution in [-0.4, -0.2) is 5.43 Å². The topological polar surface area (TPSA) is 0 Å². The Labute approximate surface area is 203 Å².